The van der Waals surface area contributed by atoms with Crippen LogP contribution in [0, 0.1) is 12.8 Å². The van der Waals surface area contributed by atoms with Gasteiger partial charge in [-0.25, -0.2) is 0 Å². The fourth-order valence-electron chi connectivity index (χ4n) is 2.69. The van der Waals surface area contributed by atoms with Crippen LogP contribution in [0.4, 0.5) is 0 Å². The first-order chi connectivity index (χ1) is 9.74. The van der Waals surface area contributed by atoms with Gasteiger partial charge in [0.1, 0.15) is 0 Å². The van der Waals surface area contributed by atoms with Gasteiger partial charge in [-0.3, -0.25) is 4.79 Å². The largest absolute Gasteiger partial charge is 0.356 e. The summed E-state index contributed by atoms with van der Waals surface area (Å²) in [5.74, 6) is 0.912. The van der Waals surface area contributed by atoms with E-state index in [0.29, 0.717) is 6.42 Å². The van der Waals surface area contributed by atoms with Crippen molar-refractivity contribution in [1.82, 2.24) is 10.6 Å². The second-order valence-electron chi connectivity index (χ2n) is 5.84. The molecule has 0 aromatic heterocycles. The first-order valence-electron chi connectivity index (χ1n) is 7.77. The summed E-state index contributed by atoms with van der Waals surface area (Å²) in [5, 5.41) is 6.46. The van der Waals surface area contributed by atoms with Crippen LogP contribution in [-0.2, 0) is 11.2 Å². The van der Waals surface area contributed by atoms with Crippen LogP contribution in [0.15, 0.2) is 24.3 Å². The van der Waals surface area contributed by atoms with Crippen molar-refractivity contribution in [2.75, 3.05) is 19.6 Å². The van der Waals surface area contributed by atoms with Gasteiger partial charge in [0.2, 0.25) is 5.91 Å². The third-order valence-corrected chi connectivity index (χ3v) is 4.04. The number of carbonyl (C=O) groups excluding carboxylic acids is 1. The van der Waals surface area contributed by atoms with Gasteiger partial charge in [0.05, 0.1) is 0 Å². The van der Waals surface area contributed by atoms with Gasteiger partial charge in [0, 0.05) is 13.0 Å². The molecule has 1 amide bonds. The lowest BCUT2D eigenvalue weighted by atomic mass is 9.96. The van der Waals surface area contributed by atoms with Crippen LogP contribution in [-0.4, -0.2) is 25.5 Å². The molecule has 1 atom stereocenters. The summed E-state index contributed by atoms with van der Waals surface area (Å²) in [6.45, 7) is 5.16. The summed E-state index contributed by atoms with van der Waals surface area (Å²) in [6.07, 6.45) is 5.09. The highest BCUT2D eigenvalue weighted by Gasteiger charge is 2.12. The van der Waals surface area contributed by atoms with Crippen LogP contribution in [0.25, 0.3) is 0 Å². The summed E-state index contributed by atoms with van der Waals surface area (Å²) >= 11 is 0. The third kappa shape index (κ3) is 5.33. The Labute approximate surface area is 122 Å². The van der Waals surface area contributed by atoms with E-state index < -0.39 is 0 Å². The molecule has 1 aromatic carbocycles. The Morgan fingerprint density at radius 1 is 1.35 bits per heavy atom. The lowest BCUT2D eigenvalue weighted by Crippen LogP contribution is -2.33. The minimum absolute atomic E-state index is 0.175. The van der Waals surface area contributed by atoms with Crippen molar-refractivity contribution < 1.29 is 4.79 Å². The molecule has 0 radical (unpaired) electrons. The SMILES string of the molecule is Cc1ccc(CCC(=O)NCCC2CCCNC2)cc1. The van der Waals surface area contributed by atoms with E-state index in [1.165, 1.54) is 24.0 Å². The third-order valence-electron chi connectivity index (χ3n) is 4.04. The van der Waals surface area contributed by atoms with Crippen LogP contribution in [0.3, 0.4) is 0 Å². The molecule has 20 heavy (non-hydrogen) atoms. The zero-order valence-corrected chi connectivity index (χ0v) is 12.5. The standard InChI is InChI=1S/C17H26N2O/c1-14-4-6-15(7-5-14)8-9-17(20)19-12-10-16-3-2-11-18-13-16/h4-7,16,18H,2-3,8-13H2,1H3,(H,19,20). The summed E-state index contributed by atoms with van der Waals surface area (Å²) in [6, 6.07) is 8.42. The second-order valence-corrected chi connectivity index (χ2v) is 5.84. The summed E-state index contributed by atoms with van der Waals surface area (Å²) in [7, 11) is 0. The number of carbonyl (C=O) groups is 1. The van der Waals surface area contributed by atoms with Crippen molar-refractivity contribution in [3.05, 3.63) is 35.4 Å². The van der Waals surface area contributed by atoms with Crippen LogP contribution < -0.4 is 10.6 Å². The zero-order valence-electron chi connectivity index (χ0n) is 12.5. The van der Waals surface area contributed by atoms with Gasteiger partial charge >= 0.3 is 0 Å². The molecule has 3 nitrogen and oxygen atoms in total. The average molecular weight is 274 g/mol. The van der Waals surface area contributed by atoms with Gasteiger partial charge in [0.25, 0.3) is 0 Å². The predicted octanol–water partition coefficient (Wildman–Crippen LogP) is 2.43. The Hall–Kier alpha value is -1.35. The van der Waals surface area contributed by atoms with Crippen LogP contribution in [0.5, 0.6) is 0 Å². The zero-order chi connectivity index (χ0) is 14.2. The molecular weight excluding hydrogens is 248 g/mol. The first-order valence-corrected chi connectivity index (χ1v) is 7.77. The highest BCUT2D eigenvalue weighted by Crippen LogP contribution is 2.13. The van der Waals surface area contributed by atoms with E-state index in [9.17, 15) is 4.79 Å². The average Bonchev–Trinajstić information content (AvgIpc) is 2.48. The molecule has 0 spiro atoms. The number of hydrogen-bond donors (Lipinski definition) is 2. The van der Waals surface area contributed by atoms with Crippen LogP contribution in [0.2, 0.25) is 0 Å². The van der Waals surface area contributed by atoms with E-state index in [-0.39, 0.29) is 5.91 Å². The van der Waals surface area contributed by atoms with E-state index >= 15 is 0 Å². The number of rotatable bonds is 6. The Kier molecular flexibility index (Phi) is 6.06. The molecule has 1 unspecified atom stereocenters. The maximum atomic E-state index is 11.8. The first kappa shape index (κ1) is 15.0. The molecule has 1 heterocycles. The Morgan fingerprint density at radius 2 is 2.15 bits per heavy atom. The van der Waals surface area contributed by atoms with Crippen molar-refractivity contribution in [3.8, 4) is 0 Å². The molecule has 0 aliphatic carbocycles. The Morgan fingerprint density at radius 3 is 2.85 bits per heavy atom. The summed E-state index contributed by atoms with van der Waals surface area (Å²) in [5.41, 5.74) is 2.50. The second kappa shape index (κ2) is 8.05. The monoisotopic (exact) mass is 274 g/mol. The highest BCUT2D eigenvalue weighted by atomic mass is 16.1. The van der Waals surface area contributed by atoms with Gasteiger partial charge in [-0.15, -0.1) is 0 Å². The molecule has 0 bridgehead atoms. The molecule has 2 rings (SSSR count). The molecule has 1 aliphatic heterocycles. The smallest absolute Gasteiger partial charge is 0.220 e. The van der Waals surface area contributed by atoms with E-state index in [2.05, 4.69) is 41.8 Å². The lowest BCUT2D eigenvalue weighted by Gasteiger charge is -2.22. The topological polar surface area (TPSA) is 41.1 Å². The number of nitrogens with one attached hydrogen (secondary N) is 2. The van der Waals surface area contributed by atoms with Crippen LogP contribution >= 0.6 is 0 Å². The van der Waals surface area contributed by atoms with Crippen molar-refractivity contribution in [2.45, 2.75) is 39.0 Å². The molecule has 1 fully saturated rings. The molecule has 1 saturated heterocycles. The van der Waals surface area contributed by atoms with Gasteiger partial charge in [-0.2, -0.15) is 0 Å². The number of amides is 1. The van der Waals surface area contributed by atoms with E-state index in [0.717, 1.165) is 38.4 Å². The van der Waals surface area contributed by atoms with Crippen molar-refractivity contribution in [2.24, 2.45) is 5.92 Å². The molecule has 1 aliphatic rings. The van der Waals surface area contributed by atoms with E-state index in [4.69, 9.17) is 0 Å². The van der Waals surface area contributed by atoms with Crippen molar-refractivity contribution >= 4 is 5.91 Å². The minimum Gasteiger partial charge on any atom is -0.356 e. The summed E-state index contributed by atoms with van der Waals surface area (Å²) < 4.78 is 0. The molecule has 110 valence electrons. The molecule has 1 aromatic rings. The lowest BCUT2D eigenvalue weighted by molar-refractivity contribution is -0.121. The number of aryl methyl sites for hydroxylation is 2. The normalized spacial score (nSPS) is 18.8. The van der Waals surface area contributed by atoms with Gasteiger partial charge in [0.15, 0.2) is 0 Å². The van der Waals surface area contributed by atoms with Crippen LogP contribution in [0.1, 0.15) is 36.8 Å². The predicted molar refractivity (Wildman–Crippen MR) is 82.7 cm³/mol. The van der Waals surface area contributed by atoms with Crippen molar-refractivity contribution in [1.29, 1.82) is 0 Å². The number of benzene rings is 1. The maximum absolute atomic E-state index is 11.8. The fourth-order valence-corrected chi connectivity index (χ4v) is 2.69. The van der Waals surface area contributed by atoms with Gasteiger partial charge < -0.3 is 10.6 Å². The Bertz CT molecular complexity index is 408. The quantitative estimate of drug-likeness (QED) is 0.836. The van der Waals surface area contributed by atoms with Crippen molar-refractivity contribution in [3.63, 3.8) is 0 Å². The maximum Gasteiger partial charge on any atom is 0.220 e. The Balaban J connectivity index is 1.59. The van der Waals surface area contributed by atoms with Gasteiger partial charge in [-0.1, -0.05) is 29.8 Å². The highest BCUT2D eigenvalue weighted by molar-refractivity contribution is 5.76. The molecule has 3 heteroatoms. The minimum atomic E-state index is 0.175. The van der Waals surface area contributed by atoms with Gasteiger partial charge in [-0.05, 0) is 57.2 Å². The molecule has 0 saturated carbocycles. The fraction of sp³-hybridized carbons (Fsp3) is 0.588. The number of piperidine rings is 1. The van der Waals surface area contributed by atoms with E-state index in [1.54, 1.807) is 0 Å². The summed E-state index contributed by atoms with van der Waals surface area (Å²) in [4.78, 5) is 11.8. The van der Waals surface area contributed by atoms with E-state index in [1.807, 2.05) is 0 Å². The number of hydrogen-bond acceptors (Lipinski definition) is 2. The molecular formula is C17H26N2O. The molecule has 2 N–H and O–H groups in total.